The molecule has 0 saturated carbocycles. The maximum absolute atomic E-state index is 13.1. The fraction of sp³-hybridized carbons (Fsp3) is 0.154. The Balaban J connectivity index is 2.37. The normalized spacial score (nSPS) is 10.3. The Labute approximate surface area is 109 Å². The molecule has 6 heteroatoms. The van der Waals surface area contributed by atoms with Crippen LogP contribution in [0.2, 0.25) is 0 Å². The van der Waals surface area contributed by atoms with Crippen LogP contribution in [0.5, 0.6) is 0 Å². The zero-order valence-electron chi connectivity index (χ0n) is 10.6. The molecule has 0 aromatic carbocycles. The largest absolute Gasteiger partial charge is 0.365 e. The molecule has 5 nitrogen and oxygen atoms in total. The molecule has 2 heterocycles. The average Bonchev–Trinajstić information content (AvgIpc) is 2.36. The number of aromatic nitrogens is 2. The molecule has 0 fully saturated rings. The highest BCUT2D eigenvalue weighted by Crippen LogP contribution is 2.20. The molecule has 0 saturated heterocycles. The number of amides is 1. The molecule has 0 aliphatic rings. The third kappa shape index (κ3) is 2.85. The van der Waals surface area contributed by atoms with Crippen LogP contribution in [0.4, 0.5) is 15.9 Å². The standard InChI is InChI=1S/C13H13FN4O/c1-7-3-10(6-16-8(7)2)18-13-11(12(15)19)4-9(14)5-17-13/h3-6H,1-2H3,(H2,15,19)(H,17,18). The maximum Gasteiger partial charge on any atom is 0.252 e. The monoisotopic (exact) mass is 260 g/mol. The summed E-state index contributed by atoms with van der Waals surface area (Å²) >= 11 is 0. The minimum Gasteiger partial charge on any atom is -0.365 e. The van der Waals surface area contributed by atoms with Gasteiger partial charge in [0.05, 0.1) is 23.6 Å². The number of carbonyl (C=O) groups excluding carboxylic acids is 1. The molecule has 0 bridgehead atoms. The van der Waals surface area contributed by atoms with Gasteiger partial charge in [-0.3, -0.25) is 9.78 Å². The molecule has 2 aromatic rings. The third-order valence-corrected chi connectivity index (χ3v) is 2.72. The second kappa shape index (κ2) is 5.01. The Morgan fingerprint density at radius 2 is 2.00 bits per heavy atom. The lowest BCUT2D eigenvalue weighted by Crippen LogP contribution is -2.14. The first-order valence-corrected chi connectivity index (χ1v) is 5.63. The highest BCUT2D eigenvalue weighted by atomic mass is 19.1. The Hall–Kier alpha value is -2.50. The molecule has 2 rings (SSSR count). The van der Waals surface area contributed by atoms with E-state index >= 15 is 0 Å². The van der Waals surface area contributed by atoms with Gasteiger partial charge in [0, 0.05) is 5.69 Å². The van der Waals surface area contributed by atoms with Gasteiger partial charge in [-0.05, 0) is 31.5 Å². The summed E-state index contributed by atoms with van der Waals surface area (Å²) in [5.41, 5.74) is 7.75. The van der Waals surface area contributed by atoms with E-state index in [2.05, 4.69) is 15.3 Å². The number of primary amides is 1. The summed E-state index contributed by atoms with van der Waals surface area (Å²) in [6, 6.07) is 2.91. The zero-order chi connectivity index (χ0) is 14.0. The number of rotatable bonds is 3. The molecule has 2 aromatic heterocycles. The van der Waals surface area contributed by atoms with Gasteiger partial charge in [0.2, 0.25) is 0 Å². The molecule has 0 spiro atoms. The van der Waals surface area contributed by atoms with Crippen LogP contribution in [-0.2, 0) is 0 Å². The van der Waals surface area contributed by atoms with E-state index in [-0.39, 0.29) is 11.4 Å². The van der Waals surface area contributed by atoms with Crippen molar-refractivity contribution in [2.24, 2.45) is 5.73 Å². The minimum atomic E-state index is -0.744. The quantitative estimate of drug-likeness (QED) is 0.885. The van der Waals surface area contributed by atoms with Gasteiger partial charge in [0.25, 0.3) is 5.91 Å². The van der Waals surface area contributed by atoms with Crippen molar-refractivity contribution in [2.75, 3.05) is 5.32 Å². The molecular formula is C13H13FN4O. The third-order valence-electron chi connectivity index (χ3n) is 2.72. The van der Waals surface area contributed by atoms with E-state index in [9.17, 15) is 9.18 Å². The molecule has 0 aliphatic carbocycles. The zero-order valence-corrected chi connectivity index (χ0v) is 10.6. The Morgan fingerprint density at radius 1 is 1.26 bits per heavy atom. The first-order chi connectivity index (χ1) is 8.97. The number of halogens is 1. The summed E-state index contributed by atoms with van der Waals surface area (Å²) in [7, 11) is 0. The summed E-state index contributed by atoms with van der Waals surface area (Å²) in [5, 5.41) is 2.91. The topological polar surface area (TPSA) is 80.9 Å². The summed E-state index contributed by atoms with van der Waals surface area (Å²) < 4.78 is 13.1. The number of pyridine rings is 2. The number of hydrogen-bond acceptors (Lipinski definition) is 4. The van der Waals surface area contributed by atoms with Crippen LogP contribution in [-0.4, -0.2) is 15.9 Å². The van der Waals surface area contributed by atoms with Gasteiger partial charge in [-0.15, -0.1) is 0 Å². The van der Waals surface area contributed by atoms with Gasteiger partial charge in [-0.25, -0.2) is 9.37 Å². The number of nitrogens with two attached hydrogens (primary N) is 1. The van der Waals surface area contributed by atoms with Crippen LogP contribution < -0.4 is 11.1 Å². The molecule has 0 radical (unpaired) electrons. The van der Waals surface area contributed by atoms with E-state index in [1.54, 1.807) is 6.20 Å². The fourth-order valence-electron chi connectivity index (χ4n) is 1.57. The van der Waals surface area contributed by atoms with E-state index in [4.69, 9.17) is 5.73 Å². The summed E-state index contributed by atoms with van der Waals surface area (Å²) in [4.78, 5) is 19.3. The van der Waals surface area contributed by atoms with Crippen molar-refractivity contribution < 1.29 is 9.18 Å². The van der Waals surface area contributed by atoms with Crippen molar-refractivity contribution in [3.05, 3.63) is 47.2 Å². The Morgan fingerprint density at radius 3 is 2.63 bits per heavy atom. The second-order valence-corrected chi connectivity index (χ2v) is 4.17. The summed E-state index contributed by atoms with van der Waals surface area (Å²) in [5.74, 6) is -1.15. The van der Waals surface area contributed by atoms with Crippen molar-refractivity contribution in [2.45, 2.75) is 13.8 Å². The molecule has 1 amide bonds. The maximum atomic E-state index is 13.1. The minimum absolute atomic E-state index is 0.00164. The van der Waals surface area contributed by atoms with Gasteiger partial charge in [-0.2, -0.15) is 0 Å². The Kier molecular flexibility index (Phi) is 3.41. The van der Waals surface area contributed by atoms with E-state index in [0.717, 1.165) is 23.5 Å². The number of hydrogen-bond donors (Lipinski definition) is 2. The number of aryl methyl sites for hydroxylation is 2. The lowest BCUT2D eigenvalue weighted by molar-refractivity contribution is 0.100. The predicted octanol–water partition coefficient (Wildman–Crippen LogP) is 2.08. The van der Waals surface area contributed by atoms with Crippen molar-refractivity contribution in [1.82, 2.24) is 9.97 Å². The van der Waals surface area contributed by atoms with Crippen LogP contribution in [0.3, 0.4) is 0 Å². The highest BCUT2D eigenvalue weighted by Gasteiger charge is 2.11. The summed E-state index contributed by atoms with van der Waals surface area (Å²) in [6.07, 6.45) is 2.63. The van der Waals surface area contributed by atoms with E-state index < -0.39 is 11.7 Å². The Bertz CT molecular complexity index is 643. The van der Waals surface area contributed by atoms with Crippen LogP contribution in [0.25, 0.3) is 0 Å². The molecule has 0 unspecified atom stereocenters. The van der Waals surface area contributed by atoms with Crippen molar-refractivity contribution in [3.8, 4) is 0 Å². The van der Waals surface area contributed by atoms with Crippen molar-refractivity contribution in [1.29, 1.82) is 0 Å². The lowest BCUT2D eigenvalue weighted by Gasteiger charge is -2.10. The van der Waals surface area contributed by atoms with E-state index in [0.29, 0.717) is 5.69 Å². The molecule has 0 aliphatic heterocycles. The van der Waals surface area contributed by atoms with Gasteiger partial charge in [-0.1, -0.05) is 0 Å². The predicted molar refractivity (Wildman–Crippen MR) is 69.7 cm³/mol. The van der Waals surface area contributed by atoms with Crippen molar-refractivity contribution in [3.63, 3.8) is 0 Å². The SMILES string of the molecule is Cc1cc(Nc2ncc(F)cc2C(N)=O)cnc1C. The van der Waals surface area contributed by atoms with Gasteiger partial charge in [0.1, 0.15) is 11.6 Å². The number of nitrogens with one attached hydrogen (secondary N) is 1. The number of nitrogens with zero attached hydrogens (tertiary/aromatic N) is 2. The molecule has 19 heavy (non-hydrogen) atoms. The first-order valence-electron chi connectivity index (χ1n) is 5.63. The first kappa shape index (κ1) is 12.9. The lowest BCUT2D eigenvalue weighted by atomic mass is 10.2. The second-order valence-electron chi connectivity index (χ2n) is 4.17. The van der Waals surface area contributed by atoms with E-state index in [1.807, 2.05) is 19.9 Å². The number of carbonyl (C=O) groups is 1. The molecule has 0 atom stereocenters. The fourth-order valence-corrected chi connectivity index (χ4v) is 1.57. The molecular weight excluding hydrogens is 247 g/mol. The molecule has 3 N–H and O–H groups in total. The average molecular weight is 260 g/mol. The number of anilines is 2. The summed E-state index contributed by atoms with van der Waals surface area (Å²) in [6.45, 7) is 3.81. The smallest absolute Gasteiger partial charge is 0.252 e. The highest BCUT2D eigenvalue weighted by molar-refractivity contribution is 5.98. The van der Waals surface area contributed by atoms with Gasteiger partial charge >= 0.3 is 0 Å². The van der Waals surface area contributed by atoms with E-state index in [1.165, 1.54) is 0 Å². The van der Waals surface area contributed by atoms with Gasteiger partial charge < -0.3 is 11.1 Å². The van der Waals surface area contributed by atoms with Crippen LogP contribution in [0, 0.1) is 19.7 Å². The molecule has 98 valence electrons. The van der Waals surface area contributed by atoms with Crippen molar-refractivity contribution >= 4 is 17.4 Å². The van der Waals surface area contributed by atoms with Gasteiger partial charge in [0.15, 0.2) is 0 Å². The van der Waals surface area contributed by atoms with Crippen LogP contribution in [0.1, 0.15) is 21.6 Å². The van der Waals surface area contributed by atoms with Crippen LogP contribution in [0.15, 0.2) is 24.5 Å². The van der Waals surface area contributed by atoms with Crippen LogP contribution >= 0.6 is 0 Å².